The van der Waals surface area contributed by atoms with E-state index in [-0.39, 0.29) is 0 Å². The zero-order valence-corrected chi connectivity index (χ0v) is 27.7. The van der Waals surface area contributed by atoms with Crippen LogP contribution in [0.25, 0.3) is 109 Å². The maximum atomic E-state index is 6.67. The van der Waals surface area contributed by atoms with Gasteiger partial charge in [0.2, 0.25) is 0 Å². The Bertz CT molecular complexity index is 3130. The topological polar surface area (TPSA) is 13.1 Å². The summed E-state index contributed by atoms with van der Waals surface area (Å²) in [6, 6.07) is 66.2. The summed E-state index contributed by atoms with van der Waals surface area (Å²) in [5.74, 6) is 0. The zero-order chi connectivity index (χ0) is 33.5. The summed E-state index contributed by atoms with van der Waals surface area (Å²) in [6.07, 6.45) is 0. The number of rotatable bonds is 3. The summed E-state index contributed by atoms with van der Waals surface area (Å²) in [7, 11) is 0. The number of hydrogen-bond acceptors (Lipinski definition) is 1. The van der Waals surface area contributed by atoms with E-state index in [4.69, 9.17) is 4.42 Å². The van der Waals surface area contributed by atoms with Gasteiger partial charge in [0.15, 0.2) is 0 Å². The van der Waals surface area contributed by atoms with Crippen molar-refractivity contribution in [3.63, 3.8) is 0 Å². The molecule has 51 heavy (non-hydrogen) atoms. The van der Waals surface area contributed by atoms with E-state index in [1.54, 1.807) is 0 Å². The molecule has 0 saturated heterocycles. The summed E-state index contributed by atoms with van der Waals surface area (Å²) in [4.78, 5) is 0. The van der Waals surface area contributed by atoms with Gasteiger partial charge in [-0.2, -0.15) is 0 Å². The van der Waals surface area contributed by atoms with Crippen LogP contribution < -0.4 is 0 Å². The molecule has 1 heteroatoms. The summed E-state index contributed by atoms with van der Waals surface area (Å²) in [6.45, 7) is 0. The van der Waals surface area contributed by atoms with E-state index in [0.717, 1.165) is 21.9 Å². The first-order valence-corrected chi connectivity index (χ1v) is 17.6. The van der Waals surface area contributed by atoms with Crippen molar-refractivity contribution in [2.24, 2.45) is 0 Å². The minimum Gasteiger partial charge on any atom is -0.456 e. The average Bonchev–Trinajstić information content (AvgIpc) is 3.56. The van der Waals surface area contributed by atoms with Crippen LogP contribution in [0.4, 0.5) is 0 Å². The maximum Gasteiger partial charge on any atom is 0.136 e. The Labute approximate surface area is 294 Å². The Balaban J connectivity index is 1.25. The SMILES string of the molecule is c1ccc(-c2cccc3cc4oc5cccc(-c6c7ccccc7c(-c7cccc8c7ccc7ccccc78)c7ccccc67)c5c4cc23)cc1. The molecule has 1 aromatic heterocycles. The largest absolute Gasteiger partial charge is 0.456 e. The first-order valence-electron chi connectivity index (χ1n) is 17.6. The lowest BCUT2D eigenvalue weighted by Gasteiger charge is -2.19. The molecule has 0 unspecified atom stereocenters. The first-order chi connectivity index (χ1) is 25.3. The lowest BCUT2D eigenvalue weighted by molar-refractivity contribution is 0.669. The minimum atomic E-state index is 0.900. The van der Waals surface area contributed by atoms with Crippen molar-refractivity contribution >= 4 is 75.8 Å². The highest BCUT2D eigenvalue weighted by molar-refractivity contribution is 6.28. The van der Waals surface area contributed by atoms with Crippen LogP contribution in [0.15, 0.2) is 186 Å². The van der Waals surface area contributed by atoms with Gasteiger partial charge in [-0.3, -0.25) is 0 Å². The second-order valence-electron chi connectivity index (χ2n) is 13.6. The fraction of sp³-hybridized carbons (Fsp3) is 0. The van der Waals surface area contributed by atoms with Crippen molar-refractivity contribution in [3.05, 3.63) is 182 Å². The van der Waals surface area contributed by atoms with Gasteiger partial charge >= 0.3 is 0 Å². The Kier molecular flexibility index (Phi) is 6.02. The highest BCUT2D eigenvalue weighted by Crippen LogP contribution is 2.48. The molecule has 0 spiro atoms. The van der Waals surface area contributed by atoms with Crippen LogP contribution in [0.2, 0.25) is 0 Å². The third-order valence-electron chi connectivity index (χ3n) is 10.8. The molecule has 11 rings (SSSR count). The molecule has 1 nitrogen and oxygen atoms in total. The van der Waals surface area contributed by atoms with Crippen molar-refractivity contribution in [1.82, 2.24) is 0 Å². The smallest absolute Gasteiger partial charge is 0.136 e. The molecule has 10 aromatic carbocycles. The van der Waals surface area contributed by atoms with Gasteiger partial charge in [0.05, 0.1) is 0 Å². The predicted molar refractivity (Wildman–Crippen MR) is 218 cm³/mol. The highest BCUT2D eigenvalue weighted by Gasteiger charge is 2.21. The molecule has 0 radical (unpaired) electrons. The Morgan fingerprint density at radius 2 is 0.843 bits per heavy atom. The molecule has 236 valence electrons. The standard InChI is InChI=1S/C50H30O/c1-2-13-31(14-3-1)35-22-10-16-33-29-47-45(30-44(33)35)50-43(25-12-26-46(50)51-47)49-41-20-8-6-18-39(41)48(40-19-7-9-21-42(40)49)38-24-11-23-36-34-17-5-4-15-32(34)27-28-37(36)38/h1-30H. The van der Waals surface area contributed by atoms with Crippen molar-refractivity contribution in [1.29, 1.82) is 0 Å². The molecule has 0 N–H and O–H groups in total. The van der Waals surface area contributed by atoms with E-state index in [0.29, 0.717) is 0 Å². The number of benzene rings is 10. The summed E-state index contributed by atoms with van der Waals surface area (Å²) >= 11 is 0. The maximum absolute atomic E-state index is 6.67. The lowest BCUT2D eigenvalue weighted by Crippen LogP contribution is -1.92. The predicted octanol–water partition coefficient (Wildman–Crippen LogP) is 14.4. The molecule has 1 heterocycles. The summed E-state index contributed by atoms with van der Waals surface area (Å²) in [5.41, 5.74) is 9.19. The number of hydrogen-bond donors (Lipinski definition) is 0. The molecule has 0 atom stereocenters. The van der Waals surface area contributed by atoms with Gasteiger partial charge in [-0.1, -0.05) is 164 Å². The Hall–Kier alpha value is -6.70. The molecule has 0 aliphatic carbocycles. The van der Waals surface area contributed by atoms with Gasteiger partial charge in [-0.15, -0.1) is 0 Å². The monoisotopic (exact) mass is 646 g/mol. The van der Waals surface area contributed by atoms with Gasteiger partial charge < -0.3 is 4.42 Å². The average molecular weight is 647 g/mol. The van der Waals surface area contributed by atoms with Crippen LogP contribution in [0.5, 0.6) is 0 Å². The highest BCUT2D eigenvalue weighted by atomic mass is 16.3. The van der Waals surface area contributed by atoms with Gasteiger partial charge in [0.1, 0.15) is 11.2 Å². The van der Waals surface area contributed by atoms with Crippen molar-refractivity contribution in [2.45, 2.75) is 0 Å². The normalized spacial score (nSPS) is 11.9. The number of fused-ring (bicyclic) bond motifs is 9. The second kappa shape index (κ2) is 10.9. The van der Waals surface area contributed by atoms with Crippen LogP contribution in [0.3, 0.4) is 0 Å². The second-order valence-corrected chi connectivity index (χ2v) is 13.6. The molecule has 11 aromatic rings. The fourth-order valence-corrected chi connectivity index (χ4v) is 8.64. The molecule has 0 fully saturated rings. The van der Waals surface area contributed by atoms with E-state index in [1.807, 2.05) is 0 Å². The number of furan rings is 1. The minimum absolute atomic E-state index is 0.900. The molecule has 0 aliphatic rings. The summed E-state index contributed by atoms with van der Waals surface area (Å²) in [5, 5.41) is 14.7. The zero-order valence-electron chi connectivity index (χ0n) is 27.7. The van der Waals surface area contributed by atoms with Gasteiger partial charge in [-0.05, 0) is 105 Å². The van der Waals surface area contributed by atoms with E-state index in [9.17, 15) is 0 Å². The quantitative estimate of drug-likeness (QED) is 0.138. The van der Waals surface area contributed by atoms with Gasteiger partial charge in [-0.25, -0.2) is 0 Å². The van der Waals surface area contributed by atoms with E-state index < -0.39 is 0 Å². The van der Waals surface area contributed by atoms with Gasteiger partial charge in [0.25, 0.3) is 0 Å². The van der Waals surface area contributed by atoms with Gasteiger partial charge in [0, 0.05) is 10.8 Å². The van der Waals surface area contributed by atoms with E-state index in [2.05, 4.69) is 182 Å². The van der Waals surface area contributed by atoms with Crippen molar-refractivity contribution in [3.8, 4) is 33.4 Å². The molecular weight excluding hydrogens is 617 g/mol. The lowest BCUT2D eigenvalue weighted by atomic mass is 9.83. The Morgan fingerprint density at radius 3 is 1.61 bits per heavy atom. The molecule has 0 amide bonds. The third kappa shape index (κ3) is 4.16. The molecule has 0 bridgehead atoms. The van der Waals surface area contributed by atoms with Crippen molar-refractivity contribution in [2.75, 3.05) is 0 Å². The Morgan fingerprint density at radius 1 is 0.275 bits per heavy atom. The van der Waals surface area contributed by atoms with Crippen LogP contribution in [-0.4, -0.2) is 0 Å². The first kappa shape index (κ1) is 28.2. The molecule has 0 saturated carbocycles. The van der Waals surface area contributed by atoms with Crippen LogP contribution >= 0.6 is 0 Å². The van der Waals surface area contributed by atoms with E-state index in [1.165, 1.54) is 87.2 Å². The van der Waals surface area contributed by atoms with Crippen LogP contribution in [-0.2, 0) is 0 Å². The summed E-state index contributed by atoms with van der Waals surface area (Å²) < 4.78 is 6.67. The van der Waals surface area contributed by atoms with E-state index >= 15 is 0 Å². The van der Waals surface area contributed by atoms with Crippen LogP contribution in [0, 0.1) is 0 Å². The molecule has 0 aliphatic heterocycles. The van der Waals surface area contributed by atoms with Crippen molar-refractivity contribution < 1.29 is 4.42 Å². The third-order valence-corrected chi connectivity index (χ3v) is 10.8. The fourth-order valence-electron chi connectivity index (χ4n) is 8.64. The van der Waals surface area contributed by atoms with Crippen LogP contribution in [0.1, 0.15) is 0 Å². The molecular formula is C50H30O.